The summed E-state index contributed by atoms with van der Waals surface area (Å²) in [6.07, 6.45) is 11.5. The zero-order valence-electron chi connectivity index (χ0n) is 7.63. The van der Waals surface area contributed by atoms with Gasteiger partial charge in [0.2, 0.25) is 0 Å². The number of aromatic nitrogens is 2. The van der Waals surface area contributed by atoms with Gasteiger partial charge in [0.1, 0.15) is 0 Å². The van der Waals surface area contributed by atoms with Gasteiger partial charge in [0, 0.05) is 18.9 Å². The lowest BCUT2D eigenvalue weighted by Crippen LogP contribution is -2.15. The first-order valence-electron chi connectivity index (χ1n) is 5.07. The van der Waals surface area contributed by atoms with Gasteiger partial charge in [-0.3, -0.25) is 4.68 Å². The zero-order chi connectivity index (χ0) is 8.67. The number of nitrogens with zero attached hydrogens (tertiary/aromatic N) is 2. The molecule has 2 aliphatic carbocycles. The molecule has 2 nitrogen and oxygen atoms in total. The molecule has 68 valence electrons. The van der Waals surface area contributed by atoms with Gasteiger partial charge in [-0.2, -0.15) is 5.10 Å². The Morgan fingerprint density at radius 2 is 2.31 bits per heavy atom. The fraction of sp³-hybridized carbons (Fsp3) is 0.545. The quantitative estimate of drug-likeness (QED) is 0.628. The molecule has 0 radical (unpaired) electrons. The van der Waals surface area contributed by atoms with Crippen LogP contribution < -0.4 is 0 Å². The maximum absolute atomic E-state index is 4.26. The van der Waals surface area contributed by atoms with Gasteiger partial charge in [0.25, 0.3) is 0 Å². The van der Waals surface area contributed by atoms with Gasteiger partial charge in [-0.15, -0.1) is 0 Å². The minimum absolute atomic E-state index is 0.842. The normalized spacial score (nSPS) is 35.8. The van der Waals surface area contributed by atoms with E-state index in [0.29, 0.717) is 0 Å². The second-order valence-electron chi connectivity index (χ2n) is 4.27. The number of hydrogen-bond donors (Lipinski definition) is 0. The third-order valence-corrected chi connectivity index (χ3v) is 3.40. The predicted octanol–water partition coefficient (Wildman–Crippen LogP) is 2.10. The highest BCUT2D eigenvalue weighted by molar-refractivity contribution is 5.09. The molecule has 0 aromatic carbocycles. The molecule has 0 N–H and O–H groups in total. The van der Waals surface area contributed by atoms with Crippen LogP contribution in [0.15, 0.2) is 30.6 Å². The van der Waals surface area contributed by atoms with Crippen LogP contribution in [0.4, 0.5) is 0 Å². The molecule has 1 saturated carbocycles. The first kappa shape index (κ1) is 7.36. The first-order valence-corrected chi connectivity index (χ1v) is 5.07. The molecule has 0 saturated heterocycles. The average molecular weight is 174 g/mol. The molecule has 0 aliphatic heterocycles. The predicted molar refractivity (Wildman–Crippen MR) is 51.1 cm³/mol. The highest BCUT2D eigenvalue weighted by Gasteiger charge is 2.35. The summed E-state index contributed by atoms with van der Waals surface area (Å²) in [6.45, 7) is 1.11. The number of fused-ring (bicyclic) bond motifs is 2. The van der Waals surface area contributed by atoms with Crippen molar-refractivity contribution in [2.75, 3.05) is 0 Å². The Morgan fingerprint density at radius 1 is 1.31 bits per heavy atom. The minimum Gasteiger partial charge on any atom is -0.272 e. The molecule has 1 heterocycles. The van der Waals surface area contributed by atoms with Crippen molar-refractivity contribution in [1.29, 1.82) is 0 Å². The Kier molecular flexibility index (Phi) is 1.54. The lowest BCUT2D eigenvalue weighted by atomic mass is 9.94. The van der Waals surface area contributed by atoms with Crippen LogP contribution in [0.1, 0.15) is 12.8 Å². The van der Waals surface area contributed by atoms with E-state index in [1.165, 1.54) is 12.8 Å². The molecule has 0 amide bonds. The number of hydrogen-bond acceptors (Lipinski definition) is 1. The summed E-state index contributed by atoms with van der Waals surface area (Å²) in [6, 6.07) is 2.00. The van der Waals surface area contributed by atoms with Gasteiger partial charge < -0.3 is 0 Å². The van der Waals surface area contributed by atoms with Crippen molar-refractivity contribution in [3.63, 3.8) is 0 Å². The molecule has 1 aromatic heterocycles. The second-order valence-corrected chi connectivity index (χ2v) is 4.27. The van der Waals surface area contributed by atoms with Crippen LogP contribution >= 0.6 is 0 Å². The third-order valence-electron chi connectivity index (χ3n) is 3.40. The smallest absolute Gasteiger partial charge is 0.0489 e. The van der Waals surface area contributed by atoms with E-state index in [-0.39, 0.29) is 0 Å². The topological polar surface area (TPSA) is 17.8 Å². The van der Waals surface area contributed by atoms with Crippen molar-refractivity contribution in [2.24, 2.45) is 17.8 Å². The molecular weight excluding hydrogens is 160 g/mol. The fourth-order valence-electron chi connectivity index (χ4n) is 2.75. The molecule has 3 rings (SSSR count). The SMILES string of the molecule is C1=C[C@H]2C[C@@H]1C[C@H]2Cn1cccn1. The highest BCUT2D eigenvalue weighted by Crippen LogP contribution is 2.43. The summed E-state index contributed by atoms with van der Waals surface area (Å²) in [4.78, 5) is 0. The van der Waals surface area contributed by atoms with Crippen molar-refractivity contribution in [1.82, 2.24) is 9.78 Å². The summed E-state index contributed by atoms with van der Waals surface area (Å²) in [5.41, 5.74) is 0. The molecule has 13 heavy (non-hydrogen) atoms. The van der Waals surface area contributed by atoms with Crippen LogP contribution in [0.25, 0.3) is 0 Å². The summed E-state index contributed by atoms with van der Waals surface area (Å²) < 4.78 is 2.07. The van der Waals surface area contributed by atoms with Crippen molar-refractivity contribution in [2.45, 2.75) is 19.4 Å². The van der Waals surface area contributed by atoms with Gasteiger partial charge >= 0.3 is 0 Å². The number of rotatable bonds is 2. The number of allylic oxidation sites excluding steroid dienone is 2. The Balaban J connectivity index is 1.72. The van der Waals surface area contributed by atoms with Gasteiger partial charge in [0.05, 0.1) is 0 Å². The Bertz CT molecular complexity index is 313. The minimum atomic E-state index is 0.842. The van der Waals surface area contributed by atoms with E-state index in [1.54, 1.807) is 0 Å². The van der Waals surface area contributed by atoms with Crippen LogP contribution in [-0.4, -0.2) is 9.78 Å². The largest absolute Gasteiger partial charge is 0.272 e. The zero-order valence-corrected chi connectivity index (χ0v) is 7.63. The molecule has 2 heteroatoms. The van der Waals surface area contributed by atoms with E-state index in [1.807, 2.05) is 12.3 Å². The van der Waals surface area contributed by atoms with Crippen molar-refractivity contribution >= 4 is 0 Å². The molecular formula is C11H14N2. The maximum Gasteiger partial charge on any atom is 0.0489 e. The Hall–Kier alpha value is -1.05. The Morgan fingerprint density at radius 3 is 2.92 bits per heavy atom. The van der Waals surface area contributed by atoms with Crippen LogP contribution in [-0.2, 0) is 6.54 Å². The summed E-state index contributed by atoms with van der Waals surface area (Å²) >= 11 is 0. The molecule has 1 aromatic rings. The standard InChI is InChI=1S/C11H14N2/c1-4-12-13(5-1)8-11-7-9-2-3-10(11)6-9/h1-5,9-11H,6-8H2/t9-,10+,11+/m1/s1. The van der Waals surface area contributed by atoms with E-state index in [2.05, 4.69) is 28.1 Å². The van der Waals surface area contributed by atoms with Gasteiger partial charge in [0.15, 0.2) is 0 Å². The maximum atomic E-state index is 4.26. The van der Waals surface area contributed by atoms with Gasteiger partial charge in [-0.1, -0.05) is 12.2 Å². The van der Waals surface area contributed by atoms with E-state index in [0.717, 1.165) is 24.3 Å². The van der Waals surface area contributed by atoms with Gasteiger partial charge in [-0.05, 0) is 36.7 Å². The molecule has 2 aliphatic rings. The first-order chi connectivity index (χ1) is 6.42. The van der Waals surface area contributed by atoms with E-state index < -0.39 is 0 Å². The second kappa shape index (κ2) is 2.72. The molecule has 0 spiro atoms. The third kappa shape index (κ3) is 1.21. The molecule has 1 fully saturated rings. The van der Waals surface area contributed by atoms with Crippen molar-refractivity contribution in [3.8, 4) is 0 Å². The van der Waals surface area contributed by atoms with Crippen molar-refractivity contribution in [3.05, 3.63) is 30.6 Å². The van der Waals surface area contributed by atoms with Crippen molar-refractivity contribution < 1.29 is 0 Å². The molecule has 2 bridgehead atoms. The van der Waals surface area contributed by atoms with Crippen LogP contribution in [0, 0.1) is 17.8 Å². The Labute approximate surface area is 78.3 Å². The van der Waals surface area contributed by atoms with Gasteiger partial charge in [-0.25, -0.2) is 0 Å². The lowest BCUT2D eigenvalue weighted by molar-refractivity contribution is 0.365. The van der Waals surface area contributed by atoms with E-state index in [9.17, 15) is 0 Å². The summed E-state index contributed by atoms with van der Waals surface area (Å²) in [5, 5.41) is 4.26. The fourth-order valence-corrected chi connectivity index (χ4v) is 2.75. The molecule has 0 unspecified atom stereocenters. The van der Waals surface area contributed by atoms with Crippen LogP contribution in [0.5, 0.6) is 0 Å². The summed E-state index contributed by atoms with van der Waals surface area (Å²) in [7, 11) is 0. The average Bonchev–Trinajstić information content (AvgIpc) is 2.77. The lowest BCUT2D eigenvalue weighted by Gasteiger charge is -2.17. The van der Waals surface area contributed by atoms with Crippen LogP contribution in [0.2, 0.25) is 0 Å². The molecule has 3 atom stereocenters. The van der Waals surface area contributed by atoms with E-state index in [4.69, 9.17) is 0 Å². The monoisotopic (exact) mass is 174 g/mol. The van der Waals surface area contributed by atoms with E-state index >= 15 is 0 Å². The van der Waals surface area contributed by atoms with Crippen LogP contribution in [0.3, 0.4) is 0 Å². The highest BCUT2D eigenvalue weighted by atomic mass is 15.3. The summed E-state index contributed by atoms with van der Waals surface area (Å²) in [5.74, 6) is 2.56.